The zero-order valence-electron chi connectivity index (χ0n) is 19.3. The number of imidazole rings is 1. The van der Waals surface area contributed by atoms with E-state index < -0.39 is 11.5 Å². The van der Waals surface area contributed by atoms with Crippen LogP contribution in [0, 0.1) is 0 Å². The predicted molar refractivity (Wildman–Crippen MR) is 130 cm³/mol. The lowest BCUT2D eigenvalue weighted by Gasteiger charge is -2.30. The second-order valence-electron chi connectivity index (χ2n) is 9.70. The number of aliphatic hydroxyl groups is 1. The van der Waals surface area contributed by atoms with Gasteiger partial charge >= 0.3 is 0 Å². The van der Waals surface area contributed by atoms with Gasteiger partial charge in [0, 0.05) is 25.0 Å². The molecule has 2 aliphatic rings. The fourth-order valence-corrected chi connectivity index (χ4v) is 5.12. The van der Waals surface area contributed by atoms with Crippen molar-refractivity contribution >= 4 is 33.5 Å². The first-order chi connectivity index (χ1) is 16.4. The zero-order chi connectivity index (χ0) is 23.4. The van der Waals surface area contributed by atoms with Crippen molar-refractivity contribution in [3.63, 3.8) is 0 Å². The number of para-hydroxylation sites is 1. The summed E-state index contributed by atoms with van der Waals surface area (Å²) in [6.45, 7) is 7.59. The smallest absolute Gasteiger partial charge is 0.237 e. The maximum atomic E-state index is 13.3. The topological polar surface area (TPSA) is 110 Å². The highest BCUT2D eigenvalue weighted by atomic mass is 16.5. The van der Waals surface area contributed by atoms with Crippen molar-refractivity contribution < 1.29 is 14.6 Å². The second-order valence-corrected chi connectivity index (χ2v) is 9.70. The number of carbonyl (C=O) groups excluding carboxylic acids is 1. The van der Waals surface area contributed by atoms with E-state index >= 15 is 0 Å². The van der Waals surface area contributed by atoms with Gasteiger partial charge in [0.05, 0.1) is 53.5 Å². The molecule has 2 aliphatic heterocycles. The van der Waals surface area contributed by atoms with Crippen molar-refractivity contribution in [1.82, 2.24) is 25.1 Å². The molecule has 1 unspecified atom stereocenters. The van der Waals surface area contributed by atoms with Gasteiger partial charge in [0.2, 0.25) is 5.91 Å². The van der Waals surface area contributed by atoms with Crippen molar-refractivity contribution in [1.29, 1.82) is 0 Å². The van der Waals surface area contributed by atoms with Crippen LogP contribution in [-0.4, -0.2) is 81.6 Å². The first-order valence-corrected chi connectivity index (χ1v) is 11.7. The van der Waals surface area contributed by atoms with Gasteiger partial charge in [0.15, 0.2) is 5.82 Å². The van der Waals surface area contributed by atoms with E-state index in [1.54, 1.807) is 4.90 Å². The van der Waals surface area contributed by atoms with E-state index in [0.29, 0.717) is 25.6 Å². The summed E-state index contributed by atoms with van der Waals surface area (Å²) >= 11 is 0. The van der Waals surface area contributed by atoms with E-state index in [2.05, 4.69) is 20.1 Å². The van der Waals surface area contributed by atoms with E-state index in [1.165, 1.54) is 0 Å². The minimum absolute atomic E-state index is 0.00491. The van der Waals surface area contributed by atoms with Crippen LogP contribution in [-0.2, 0) is 14.9 Å². The van der Waals surface area contributed by atoms with Gasteiger partial charge in [-0.25, -0.2) is 4.98 Å². The highest BCUT2D eigenvalue weighted by molar-refractivity contribution is 6.09. The predicted octanol–water partition coefficient (Wildman–Crippen LogP) is 2.42. The number of benzene rings is 2. The third-order valence-corrected chi connectivity index (χ3v) is 7.00. The van der Waals surface area contributed by atoms with Crippen LogP contribution in [0.5, 0.6) is 0 Å². The van der Waals surface area contributed by atoms with Crippen molar-refractivity contribution in [2.45, 2.75) is 25.4 Å². The lowest BCUT2D eigenvalue weighted by atomic mass is 9.86. The number of aliphatic hydroxyl groups excluding tert-OH is 1. The van der Waals surface area contributed by atoms with E-state index in [4.69, 9.17) is 9.72 Å². The Morgan fingerprint density at radius 1 is 1.15 bits per heavy atom. The minimum atomic E-state index is -0.688. The number of ether oxygens (including phenoxy) is 1. The third-order valence-electron chi connectivity index (χ3n) is 7.00. The summed E-state index contributed by atoms with van der Waals surface area (Å²) in [5.74, 6) is 0.675. The Bertz CT molecular complexity index is 1380. The number of anilines is 1. The van der Waals surface area contributed by atoms with Crippen LogP contribution >= 0.6 is 0 Å². The third kappa shape index (κ3) is 3.39. The molecule has 0 spiro atoms. The van der Waals surface area contributed by atoms with Crippen LogP contribution in [0.2, 0.25) is 0 Å². The number of fused-ring (bicyclic) bond motifs is 3. The summed E-state index contributed by atoms with van der Waals surface area (Å²) in [4.78, 5) is 25.4. The van der Waals surface area contributed by atoms with Gasteiger partial charge in [-0.2, -0.15) is 5.10 Å². The lowest BCUT2D eigenvalue weighted by Crippen LogP contribution is -2.46. The molecule has 0 aliphatic carbocycles. The monoisotopic (exact) mass is 460 g/mol. The molecule has 1 fully saturated rings. The average molecular weight is 461 g/mol. The molecule has 9 nitrogen and oxygen atoms in total. The molecular formula is C25H28N6O3. The quantitative estimate of drug-likeness (QED) is 0.422. The molecule has 2 aromatic heterocycles. The number of aromatic nitrogens is 4. The van der Waals surface area contributed by atoms with Crippen LogP contribution < -0.4 is 4.90 Å². The lowest BCUT2D eigenvalue weighted by molar-refractivity contribution is -0.122. The number of rotatable bonds is 5. The van der Waals surface area contributed by atoms with Crippen molar-refractivity contribution in [2.24, 2.45) is 0 Å². The average Bonchev–Trinajstić information content (AvgIpc) is 3.49. The second kappa shape index (κ2) is 7.90. The zero-order valence-corrected chi connectivity index (χ0v) is 19.3. The molecule has 1 saturated heterocycles. The Morgan fingerprint density at radius 3 is 2.76 bits per heavy atom. The number of β-amino-alcohol motifs (C(OH)–C–C–N with tert-alkyl or cyclic N) is 1. The Labute approximate surface area is 196 Å². The van der Waals surface area contributed by atoms with Gasteiger partial charge in [-0.1, -0.05) is 18.2 Å². The van der Waals surface area contributed by atoms with E-state index in [0.717, 1.165) is 52.0 Å². The molecule has 9 heteroatoms. The highest BCUT2D eigenvalue weighted by Gasteiger charge is 2.45. The largest absolute Gasteiger partial charge is 0.390 e. The number of nitrogens with one attached hydrogen (secondary N) is 2. The van der Waals surface area contributed by atoms with Crippen molar-refractivity contribution in [3.05, 3.63) is 42.0 Å². The minimum Gasteiger partial charge on any atom is -0.390 e. The summed E-state index contributed by atoms with van der Waals surface area (Å²) in [5.41, 5.74) is 4.40. The molecular weight excluding hydrogens is 432 g/mol. The maximum Gasteiger partial charge on any atom is 0.237 e. The molecule has 0 radical (unpaired) electrons. The Hall–Kier alpha value is -3.27. The van der Waals surface area contributed by atoms with Crippen LogP contribution in [0.1, 0.15) is 19.4 Å². The van der Waals surface area contributed by atoms with Gasteiger partial charge in [0.1, 0.15) is 5.69 Å². The van der Waals surface area contributed by atoms with E-state index in [-0.39, 0.29) is 12.5 Å². The van der Waals surface area contributed by atoms with Gasteiger partial charge in [-0.15, -0.1) is 0 Å². The molecule has 1 amide bonds. The SMILES string of the molecule is CC1(C)C(=O)N(CC(O)CN2CCOCC2)c2cc3nc(-c4n[nH]c5ccccc45)[nH]c3cc21. The fourth-order valence-electron chi connectivity index (χ4n) is 5.12. The number of amides is 1. The van der Waals surface area contributed by atoms with Crippen LogP contribution in [0.15, 0.2) is 36.4 Å². The number of H-pyrrole nitrogens is 2. The van der Waals surface area contributed by atoms with Crippen molar-refractivity contribution in [2.75, 3.05) is 44.3 Å². The molecule has 0 saturated carbocycles. The fraction of sp³-hybridized carbons (Fsp3) is 0.400. The summed E-state index contributed by atoms with van der Waals surface area (Å²) in [6.07, 6.45) is -0.648. The molecule has 1 atom stereocenters. The van der Waals surface area contributed by atoms with Crippen LogP contribution in [0.25, 0.3) is 33.5 Å². The van der Waals surface area contributed by atoms with Gasteiger partial charge in [-0.3, -0.25) is 14.8 Å². The number of hydrogen-bond acceptors (Lipinski definition) is 6. The summed E-state index contributed by atoms with van der Waals surface area (Å²) < 4.78 is 5.39. The van der Waals surface area contributed by atoms with E-state index in [9.17, 15) is 9.90 Å². The van der Waals surface area contributed by atoms with Crippen molar-refractivity contribution in [3.8, 4) is 11.5 Å². The molecule has 3 N–H and O–H groups in total. The van der Waals surface area contributed by atoms with Crippen LogP contribution in [0.4, 0.5) is 5.69 Å². The molecule has 4 aromatic rings. The molecule has 34 heavy (non-hydrogen) atoms. The molecule has 0 bridgehead atoms. The first kappa shape index (κ1) is 21.3. The van der Waals surface area contributed by atoms with E-state index in [1.807, 2.05) is 50.2 Å². The Morgan fingerprint density at radius 2 is 1.94 bits per heavy atom. The number of nitrogens with zero attached hydrogens (tertiary/aromatic N) is 4. The molecule has 2 aromatic carbocycles. The number of hydrogen-bond donors (Lipinski definition) is 3. The highest BCUT2D eigenvalue weighted by Crippen LogP contribution is 2.43. The summed E-state index contributed by atoms with van der Waals surface area (Å²) in [7, 11) is 0. The molecule has 176 valence electrons. The number of aromatic amines is 2. The first-order valence-electron chi connectivity index (χ1n) is 11.7. The Balaban J connectivity index is 1.34. The number of morpholine rings is 1. The maximum absolute atomic E-state index is 13.3. The van der Waals surface area contributed by atoms with Gasteiger partial charge in [0.25, 0.3) is 0 Å². The van der Waals surface area contributed by atoms with Crippen LogP contribution in [0.3, 0.4) is 0 Å². The standard InChI is InChI=1S/C25H28N6O3/c1-25(2)17-11-19-20(27-23(26-19)22-16-5-3-4-6-18(16)28-29-22)12-21(17)31(24(25)33)14-15(32)13-30-7-9-34-10-8-30/h3-6,11-12,15,32H,7-10,13-14H2,1-2H3,(H,26,27)(H,28,29). The summed E-state index contributed by atoms with van der Waals surface area (Å²) in [5, 5.41) is 19.3. The normalized spacial score (nSPS) is 19.3. The number of carbonyl (C=O) groups is 1. The van der Waals surface area contributed by atoms with Gasteiger partial charge in [-0.05, 0) is 37.6 Å². The summed E-state index contributed by atoms with van der Waals surface area (Å²) in [6, 6.07) is 11.9. The Kier molecular flexibility index (Phi) is 4.94. The van der Waals surface area contributed by atoms with Gasteiger partial charge < -0.3 is 19.7 Å². The molecule has 4 heterocycles. The molecule has 6 rings (SSSR count).